The first-order valence-corrected chi connectivity index (χ1v) is 9.21. The van der Waals surface area contributed by atoms with E-state index in [9.17, 15) is 9.59 Å². The van der Waals surface area contributed by atoms with Crippen LogP contribution in [0.2, 0.25) is 0 Å². The second-order valence-corrected chi connectivity index (χ2v) is 7.28. The minimum Gasteiger partial charge on any atom is -0.361 e. The zero-order valence-corrected chi connectivity index (χ0v) is 15.9. The summed E-state index contributed by atoms with van der Waals surface area (Å²) in [6.07, 6.45) is 4.26. The molecule has 1 atom stereocenters. The third-order valence-corrected chi connectivity index (χ3v) is 5.24. The number of rotatable bonds is 5. The van der Waals surface area contributed by atoms with Crippen LogP contribution in [0.1, 0.15) is 18.4 Å². The van der Waals surface area contributed by atoms with Gasteiger partial charge in [-0.2, -0.15) is 0 Å². The number of amides is 2. The number of nitrogens with zero attached hydrogens (tertiary/aromatic N) is 3. The average molecular weight is 356 g/mol. The summed E-state index contributed by atoms with van der Waals surface area (Å²) in [5, 5.41) is 1.23. The minimum absolute atomic E-state index is 0.0591. The van der Waals surface area contributed by atoms with Crippen molar-refractivity contribution in [3.05, 3.63) is 36.0 Å². The Morgan fingerprint density at radius 3 is 2.77 bits per heavy atom. The van der Waals surface area contributed by atoms with E-state index in [1.54, 1.807) is 19.0 Å². The number of likely N-dealkylation sites (N-methyl/N-ethyl adjacent to an activating group) is 2. The van der Waals surface area contributed by atoms with Crippen molar-refractivity contribution in [2.24, 2.45) is 0 Å². The summed E-state index contributed by atoms with van der Waals surface area (Å²) >= 11 is 0. The summed E-state index contributed by atoms with van der Waals surface area (Å²) < 4.78 is 0. The van der Waals surface area contributed by atoms with E-state index in [0.717, 1.165) is 24.9 Å². The molecule has 1 aromatic heterocycles. The lowest BCUT2D eigenvalue weighted by molar-refractivity contribution is -0.141. The third kappa shape index (κ3) is 3.90. The van der Waals surface area contributed by atoms with Gasteiger partial charge >= 0.3 is 0 Å². The number of aryl methyl sites for hydroxylation is 1. The maximum atomic E-state index is 12.6. The second-order valence-electron chi connectivity index (χ2n) is 7.28. The number of aromatic amines is 1. The SMILES string of the molecule is CN(C)C(=O)[C@H]1CN(C(=O)CCCc2c[nH]c3ccccc23)CCN1C. The van der Waals surface area contributed by atoms with Crippen molar-refractivity contribution >= 4 is 22.7 Å². The van der Waals surface area contributed by atoms with E-state index in [4.69, 9.17) is 0 Å². The Bertz CT molecular complexity index is 783. The molecule has 6 heteroatoms. The number of nitrogens with one attached hydrogen (secondary N) is 1. The minimum atomic E-state index is -0.240. The first-order chi connectivity index (χ1) is 12.5. The Labute approximate surface area is 154 Å². The summed E-state index contributed by atoms with van der Waals surface area (Å²) in [5.41, 5.74) is 2.39. The molecule has 26 heavy (non-hydrogen) atoms. The van der Waals surface area contributed by atoms with Gasteiger partial charge in [-0.15, -0.1) is 0 Å². The molecular formula is C20H28N4O2. The van der Waals surface area contributed by atoms with Gasteiger partial charge in [0.05, 0.1) is 0 Å². The van der Waals surface area contributed by atoms with Gasteiger partial charge in [-0.1, -0.05) is 18.2 Å². The summed E-state index contributed by atoms with van der Waals surface area (Å²) in [6, 6.07) is 8.00. The molecule has 0 unspecified atom stereocenters. The largest absolute Gasteiger partial charge is 0.361 e. The molecule has 2 amide bonds. The molecule has 1 aliphatic heterocycles. The number of fused-ring (bicyclic) bond motifs is 1. The van der Waals surface area contributed by atoms with E-state index in [1.165, 1.54) is 10.9 Å². The fourth-order valence-corrected chi connectivity index (χ4v) is 3.59. The lowest BCUT2D eigenvalue weighted by Crippen LogP contribution is -2.58. The molecule has 1 saturated heterocycles. The van der Waals surface area contributed by atoms with Crippen molar-refractivity contribution in [2.75, 3.05) is 40.8 Å². The van der Waals surface area contributed by atoms with Crippen molar-refractivity contribution in [2.45, 2.75) is 25.3 Å². The van der Waals surface area contributed by atoms with Crippen LogP contribution < -0.4 is 0 Å². The quantitative estimate of drug-likeness (QED) is 0.887. The van der Waals surface area contributed by atoms with Crippen LogP contribution in [0.4, 0.5) is 0 Å². The molecule has 1 N–H and O–H groups in total. The highest BCUT2D eigenvalue weighted by atomic mass is 16.2. The van der Waals surface area contributed by atoms with Gasteiger partial charge in [0.2, 0.25) is 11.8 Å². The van der Waals surface area contributed by atoms with Crippen LogP contribution >= 0.6 is 0 Å². The maximum absolute atomic E-state index is 12.6. The van der Waals surface area contributed by atoms with E-state index >= 15 is 0 Å². The summed E-state index contributed by atoms with van der Waals surface area (Å²) in [5.74, 6) is 0.207. The van der Waals surface area contributed by atoms with E-state index in [0.29, 0.717) is 19.5 Å². The van der Waals surface area contributed by atoms with Crippen LogP contribution in [0.3, 0.4) is 0 Å². The predicted molar refractivity (Wildman–Crippen MR) is 103 cm³/mol. The van der Waals surface area contributed by atoms with Gasteiger partial charge in [-0.05, 0) is 31.5 Å². The first-order valence-electron chi connectivity index (χ1n) is 9.21. The van der Waals surface area contributed by atoms with E-state index in [1.807, 2.05) is 35.2 Å². The monoisotopic (exact) mass is 356 g/mol. The topological polar surface area (TPSA) is 59.7 Å². The molecule has 2 aromatic rings. The molecule has 3 rings (SSSR count). The molecule has 1 fully saturated rings. The third-order valence-electron chi connectivity index (χ3n) is 5.24. The molecule has 0 spiro atoms. The van der Waals surface area contributed by atoms with Crippen molar-refractivity contribution in [1.29, 1.82) is 0 Å². The van der Waals surface area contributed by atoms with Crippen molar-refractivity contribution in [3.63, 3.8) is 0 Å². The number of H-pyrrole nitrogens is 1. The van der Waals surface area contributed by atoms with Gasteiger partial charge in [0, 0.05) is 57.3 Å². The average Bonchev–Trinajstić information content (AvgIpc) is 3.04. The van der Waals surface area contributed by atoms with Crippen molar-refractivity contribution in [1.82, 2.24) is 19.7 Å². The number of aromatic nitrogens is 1. The number of hydrogen-bond acceptors (Lipinski definition) is 3. The molecule has 0 saturated carbocycles. The van der Waals surface area contributed by atoms with Gasteiger partial charge in [-0.25, -0.2) is 0 Å². The zero-order valence-electron chi connectivity index (χ0n) is 15.9. The molecule has 1 aromatic carbocycles. The van der Waals surface area contributed by atoms with Crippen molar-refractivity contribution < 1.29 is 9.59 Å². The van der Waals surface area contributed by atoms with E-state index in [-0.39, 0.29) is 17.9 Å². The predicted octanol–water partition coefficient (Wildman–Crippen LogP) is 1.72. The summed E-state index contributed by atoms with van der Waals surface area (Å²) in [4.78, 5) is 33.7. The van der Waals surface area contributed by atoms with E-state index < -0.39 is 0 Å². The Hall–Kier alpha value is -2.34. The second kappa shape index (κ2) is 7.91. The fraction of sp³-hybridized carbons (Fsp3) is 0.500. The summed E-state index contributed by atoms with van der Waals surface area (Å²) in [7, 11) is 5.47. The molecule has 0 radical (unpaired) electrons. The highest BCUT2D eigenvalue weighted by Crippen LogP contribution is 2.20. The highest BCUT2D eigenvalue weighted by Gasteiger charge is 2.32. The normalized spacial score (nSPS) is 18.3. The Morgan fingerprint density at radius 2 is 2.00 bits per heavy atom. The maximum Gasteiger partial charge on any atom is 0.241 e. The number of carbonyl (C=O) groups is 2. The summed E-state index contributed by atoms with van der Waals surface area (Å²) in [6.45, 7) is 1.91. The van der Waals surface area contributed by atoms with Crippen LogP contribution in [0.5, 0.6) is 0 Å². The van der Waals surface area contributed by atoms with Gasteiger partial charge in [-0.3, -0.25) is 14.5 Å². The van der Waals surface area contributed by atoms with Crippen molar-refractivity contribution in [3.8, 4) is 0 Å². The number of piperazine rings is 1. The Kier molecular flexibility index (Phi) is 5.61. The van der Waals surface area contributed by atoms with Crippen LogP contribution in [0.15, 0.2) is 30.5 Å². The molecule has 2 heterocycles. The lowest BCUT2D eigenvalue weighted by Gasteiger charge is -2.39. The zero-order chi connectivity index (χ0) is 18.7. The van der Waals surface area contributed by atoms with E-state index in [2.05, 4.69) is 17.1 Å². The van der Waals surface area contributed by atoms with Gasteiger partial charge in [0.15, 0.2) is 0 Å². The number of carbonyl (C=O) groups excluding carboxylic acids is 2. The fourth-order valence-electron chi connectivity index (χ4n) is 3.59. The van der Waals surface area contributed by atoms with Gasteiger partial charge in [0.1, 0.15) is 6.04 Å². The molecule has 1 aliphatic rings. The molecule has 140 valence electrons. The molecular weight excluding hydrogens is 328 g/mol. The van der Waals surface area contributed by atoms with Crippen LogP contribution in [0.25, 0.3) is 10.9 Å². The lowest BCUT2D eigenvalue weighted by atomic mass is 10.1. The van der Waals surface area contributed by atoms with Crippen LogP contribution in [-0.4, -0.2) is 78.3 Å². The number of para-hydroxylation sites is 1. The molecule has 0 bridgehead atoms. The molecule has 0 aliphatic carbocycles. The van der Waals surface area contributed by atoms with Gasteiger partial charge < -0.3 is 14.8 Å². The smallest absolute Gasteiger partial charge is 0.241 e. The Morgan fingerprint density at radius 1 is 1.23 bits per heavy atom. The number of hydrogen-bond donors (Lipinski definition) is 1. The highest BCUT2D eigenvalue weighted by molar-refractivity contribution is 5.84. The van der Waals surface area contributed by atoms with Crippen LogP contribution in [-0.2, 0) is 16.0 Å². The first kappa shape index (κ1) is 18.5. The molecule has 6 nitrogen and oxygen atoms in total. The Balaban J connectivity index is 1.54. The van der Waals surface area contributed by atoms with Crippen LogP contribution in [0, 0.1) is 0 Å². The standard InChI is InChI=1S/C20H28N4O2/c1-22(2)20(26)18-14-24(12-11-23(18)3)19(25)10-6-7-15-13-21-17-9-5-4-8-16(15)17/h4-5,8-9,13,18,21H,6-7,10-12,14H2,1-3H3/t18-/m1/s1. The number of benzene rings is 1. The van der Waals surface area contributed by atoms with Gasteiger partial charge in [0.25, 0.3) is 0 Å².